The molecule has 0 aliphatic carbocycles. The van der Waals surface area contributed by atoms with E-state index in [-0.39, 0.29) is 18.1 Å². The molecule has 40 heavy (non-hydrogen) atoms. The van der Waals surface area contributed by atoms with Gasteiger partial charge in [-0.15, -0.1) is 0 Å². The number of nitrogens with one attached hydrogen (secondary N) is 1. The Bertz CT molecular complexity index is 1340. The van der Waals surface area contributed by atoms with Crippen LogP contribution in [0.25, 0.3) is 0 Å². The largest absolute Gasteiger partial charge is 0.489 e. The van der Waals surface area contributed by atoms with Gasteiger partial charge in [-0.25, -0.2) is 0 Å². The summed E-state index contributed by atoms with van der Waals surface area (Å²) in [5.41, 5.74) is 4.38. The maximum atomic E-state index is 6.14. The van der Waals surface area contributed by atoms with Crippen LogP contribution in [-0.2, 0) is 38.4 Å². The number of fused-ring (bicyclic) bond motifs is 2. The molecule has 0 spiro atoms. The lowest BCUT2D eigenvalue weighted by Gasteiger charge is -2.44. The molecule has 3 heterocycles. The fourth-order valence-electron chi connectivity index (χ4n) is 5.17. The van der Waals surface area contributed by atoms with Crippen molar-refractivity contribution in [2.75, 3.05) is 13.2 Å². The lowest BCUT2D eigenvalue weighted by molar-refractivity contribution is -0.272. The van der Waals surface area contributed by atoms with E-state index in [4.69, 9.17) is 23.7 Å². The summed E-state index contributed by atoms with van der Waals surface area (Å²) < 4.78 is 30.2. The van der Waals surface area contributed by atoms with Crippen LogP contribution in [0.1, 0.15) is 56.9 Å². The second-order valence-corrected chi connectivity index (χ2v) is 13.6. The van der Waals surface area contributed by atoms with Crippen LogP contribution < -0.4 is 10.1 Å². The zero-order chi connectivity index (χ0) is 28.0. The first-order valence-corrected chi connectivity index (χ1v) is 14.8. The summed E-state index contributed by atoms with van der Waals surface area (Å²) in [6.45, 7) is 11.7. The van der Waals surface area contributed by atoms with E-state index in [2.05, 4.69) is 53.8 Å². The molecule has 2 fully saturated rings. The summed E-state index contributed by atoms with van der Waals surface area (Å²) in [4.78, 5) is 2.58. The predicted octanol–water partition coefficient (Wildman–Crippen LogP) is 6.47. The topological polar surface area (TPSA) is 61.5 Å². The Hall–Kier alpha value is -2.39. The van der Waals surface area contributed by atoms with Crippen LogP contribution in [0.4, 0.5) is 0 Å². The minimum absolute atomic E-state index is 0.176. The predicted molar refractivity (Wildman–Crippen MR) is 156 cm³/mol. The maximum absolute atomic E-state index is 6.14. The molecule has 2 atom stereocenters. The molecule has 2 unspecified atom stereocenters. The second kappa shape index (κ2) is 10.8. The number of rotatable bonds is 8. The molecule has 212 valence electrons. The zero-order valence-electron chi connectivity index (χ0n) is 24.0. The number of epoxide rings is 1. The first kappa shape index (κ1) is 27.8. The van der Waals surface area contributed by atoms with E-state index in [1.54, 1.807) is 0 Å². The Balaban J connectivity index is 1.14. The van der Waals surface area contributed by atoms with E-state index in [9.17, 15) is 0 Å². The maximum Gasteiger partial charge on any atom is 0.200 e. The summed E-state index contributed by atoms with van der Waals surface area (Å²) in [5.74, 6) is 0.309. The van der Waals surface area contributed by atoms with E-state index >= 15 is 0 Å². The molecule has 3 aliphatic heterocycles. The van der Waals surface area contributed by atoms with Gasteiger partial charge in [-0.2, -0.15) is 0 Å². The molecule has 3 aliphatic rings. The Labute approximate surface area is 241 Å². The van der Waals surface area contributed by atoms with E-state index in [1.807, 2.05) is 64.6 Å². The number of benzene rings is 3. The molecule has 6 rings (SSSR count). The Morgan fingerprint density at radius 2 is 1.68 bits per heavy atom. The summed E-state index contributed by atoms with van der Waals surface area (Å²) in [7, 11) is 0. The molecule has 7 heteroatoms. The van der Waals surface area contributed by atoms with Gasteiger partial charge in [-0.05, 0) is 94.0 Å². The number of ether oxygens (including phenoxy) is 5. The van der Waals surface area contributed by atoms with Crippen LogP contribution in [0.3, 0.4) is 0 Å². The van der Waals surface area contributed by atoms with Gasteiger partial charge in [0, 0.05) is 9.79 Å². The normalized spacial score (nSPS) is 22.7. The molecule has 3 aromatic rings. The monoisotopic (exact) mass is 561 g/mol. The highest BCUT2D eigenvalue weighted by Crippen LogP contribution is 2.42. The second-order valence-electron chi connectivity index (χ2n) is 12.5. The lowest BCUT2D eigenvalue weighted by Crippen LogP contribution is -2.61. The van der Waals surface area contributed by atoms with Gasteiger partial charge < -0.3 is 23.7 Å². The first-order chi connectivity index (χ1) is 19.0. The van der Waals surface area contributed by atoms with Crippen LogP contribution in [0, 0.1) is 0 Å². The van der Waals surface area contributed by atoms with Crippen molar-refractivity contribution in [1.29, 1.82) is 0 Å². The molecular formula is C33H39NO5S. The van der Waals surface area contributed by atoms with Gasteiger partial charge in [0.1, 0.15) is 12.4 Å². The van der Waals surface area contributed by atoms with Crippen LogP contribution in [0.5, 0.6) is 5.75 Å². The minimum Gasteiger partial charge on any atom is -0.489 e. The van der Waals surface area contributed by atoms with Crippen molar-refractivity contribution in [3.05, 3.63) is 89.0 Å². The highest BCUT2D eigenvalue weighted by molar-refractivity contribution is 7.99. The molecule has 1 N–H and O–H groups in total. The van der Waals surface area contributed by atoms with Crippen molar-refractivity contribution < 1.29 is 23.7 Å². The summed E-state index contributed by atoms with van der Waals surface area (Å²) in [6, 6.07) is 23.5. The summed E-state index contributed by atoms with van der Waals surface area (Å²) >= 11 is 1.83. The molecule has 3 aromatic carbocycles. The van der Waals surface area contributed by atoms with Gasteiger partial charge in [0.2, 0.25) is 0 Å². The van der Waals surface area contributed by atoms with Crippen LogP contribution in [0.15, 0.2) is 76.5 Å². The Morgan fingerprint density at radius 1 is 0.900 bits per heavy atom. The summed E-state index contributed by atoms with van der Waals surface area (Å²) in [6.07, 6.45) is 1.22. The molecular weight excluding hydrogens is 522 g/mol. The third-order valence-corrected chi connectivity index (χ3v) is 8.53. The van der Waals surface area contributed by atoms with Crippen molar-refractivity contribution >= 4 is 11.8 Å². The van der Waals surface area contributed by atoms with Crippen molar-refractivity contribution in [1.82, 2.24) is 5.32 Å². The van der Waals surface area contributed by atoms with Crippen LogP contribution >= 0.6 is 11.8 Å². The van der Waals surface area contributed by atoms with Gasteiger partial charge >= 0.3 is 0 Å². The quantitative estimate of drug-likeness (QED) is 0.247. The molecule has 6 nitrogen and oxygen atoms in total. The fraction of sp³-hybridized carbons (Fsp3) is 0.455. The van der Waals surface area contributed by atoms with Gasteiger partial charge in [-0.3, -0.25) is 5.32 Å². The zero-order valence-corrected chi connectivity index (χ0v) is 24.8. The van der Waals surface area contributed by atoms with Gasteiger partial charge in [0.25, 0.3) is 0 Å². The third-order valence-electron chi connectivity index (χ3n) is 7.32. The van der Waals surface area contributed by atoms with Crippen LogP contribution in [-0.4, -0.2) is 42.7 Å². The molecule has 0 radical (unpaired) electrons. The first-order valence-electron chi connectivity index (χ1n) is 14.0. The molecule has 0 aromatic heterocycles. The van der Waals surface area contributed by atoms with Gasteiger partial charge in [0.05, 0.1) is 24.4 Å². The van der Waals surface area contributed by atoms with E-state index in [1.165, 1.54) is 32.0 Å². The lowest BCUT2D eigenvalue weighted by atomic mass is 9.90. The Kier molecular flexibility index (Phi) is 7.49. The Morgan fingerprint density at radius 3 is 2.42 bits per heavy atom. The number of hydrogen-bond acceptors (Lipinski definition) is 7. The standard InChI is InChI=1S/C33H39NO5S/c1-31(2,3)39-30-29(38-30)34-33(20-36-32(4,5)37-21-33)18-23-11-12-24-16-25-17-26(13-14-27(25)40-28(24)15-23)35-19-22-9-7-6-8-10-22/h6-15,17,29-30,34H,16,18-21H2,1-5H3. The minimum atomic E-state index is -0.601. The number of hydrogen-bond donors (Lipinski definition) is 1. The van der Waals surface area contributed by atoms with Crippen molar-refractivity contribution in [3.63, 3.8) is 0 Å². The SMILES string of the molecule is CC(C)(C)OC1OC1NC1(Cc2ccc3c(c2)Sc2ccc(OCc4ccccc4)cc2C3)COC(C)(C)OC1. The van der Waals surface area contributed by atoms with Crippen molar-refractivity contribution in [3.8, 4) is 5.75 Å². The smallest absolute Gasteiger partial charge is 0.200 e. The van der Waals surface area contributed by atoms with Gasteiger partial charge in [0.15, 0.2) is 18.3 Å². The highest BCUT2D eigenvalue weighted by atomic mass is 32.2. The molecule has 0 saturated carbocycles. The van der Waals surface area contributed by atoms with Gasteiger partial charge in [-0.1, -0.05) is 54.2 Å². The van der Waals surface area contributed by atoms with Crippen molar-refractivity contribution in [2.24, 2.45) is 0 Å². The van der Waals surface area contributed by atoms with Crippen LogP contribution in [0.2, 0.25) is 0 Å². The summed E-state index contributed by atoms with van der Waals surface area (Å²) in [5, 5.41) is 3.67. The van der Waals surface area contributed by atoms with Crippen molar-refractivity contribution in [2.45, 2.75) is 93.3 Å². The highest BCUT2D eigenvalue weighted by Gasteiger charge is 2.50. The average Bonchev–Trinajstić information content (AvgIpc) is 3.63. The van der Waals surface area contributed by atoms with E-state index in [0.717, 1.165) is 18.6 Å². The average molecular weight is 562 g/mol. The van der Waals surface area contributed by atoms with E-state index in [0.29, 0.717) is 19.8 Å². The third kappa shape index (κ3) is 6.73. The fourth-order valence-corrected chi connectivity index (χ4v) is 6.29. The molecule has 0 amide bonds. The van der Waals surface area contributed by atoms with E-state index < -0.39 is 11.3 Å². The molecule has 0 bridgehead atoms. The molecule has 2 saturated heterocycles.